The van der Waals surface area contributed by atoms with Crippen molar-refractivity contribution in [2.45, 2.75) is 25.7 Å². The van der Waals surface area contributed by atoms with Gasteiger partial charge in [0.1, 0.15) is 5.75 Å². The Hall–Kier alpha value is -1.64. The van der Waals surface area contributed by atoms with Crippen molar-refractivity contribution in [3.8, 4) is 5.75 Å². The Kier molecular flexibility index (Phi) is 3.34. The highest BCUT2D eigenvalue weighted by Gasteiger charge is 2.17. The van der Waals surface area contributed by atoms with Crippen LogP contribution in [0.15, 0.2) is 30.1 Å². The van der Waals surface area contributed by atoms with E-state index in [1.54, 1.807) is 25.6 Å². The minimum absolute atomic E-state index is 0.0824. The summed E-state index contributed by atoms with van der Waals surface area (Å²) in [7, 11) is 1.56. The first-order valence-electron chi connectivity index (χ1n) is 5.54. The lowest BCUT2D eigenvalue weighted by Gasteiger charge is -2.13. The summed E-state index contributed by atoms with van der Waals surface area (Å²) in [5.74, 6) is 0.637. The van der Waals surface area contributed by atoms with E-state index in [1.807, 2.05) is 6.08 Å². The first-order valence-corrected chi connectivity index (χ1v) is 5.54. The Morgan fingerprint density at radius 3 is 3.00 bits per heavy atom. The van der Waals surface area contributed by atoms with Crippen molar-refractivity contribution < 1.29 is 9.53 Å². The molecule has 1 aromatic rings. The van der Waals surface area contributed by atoms with Gasteiger partial charge in [-0.3, -0.25) is 9.78 Å². The zero-order valence-electron chi connectivity index (χ0n) is 9.40. The number of methoxy groups -OCH3 is 1. The number of ketones is 1. The molecular formula is C13H15NO2. The molecule has 0 fully saturated rings. The Bertz CT molecular complexity index is 424. The van der Waals surface area contributed by atoms with E-state index in [-0.39, 0.29) is 5.78 Å². The largest absolute Gasteiger partial charge is 0.494 e. The zero-order valence-corrected chi connectivity index (χ0v) is 9.40. The van der Waals surface area contributed by atoms with Gasteiger partial charge in [0.25, 0.3) is 0 Å². The van der Waals surface area contributed by atoms with Gasteiger partial charge in [-0.25, -0.2) is 0 Å². The summed E-state index contributed by atoms with van der Waals surface area (Å²) in [4.78, 5) is 16.2. The topological polar surface area (TPSA) is 39.2 Å². The fourth-order valence-electron chi connectivity index (χ4n) is 1.95. The number of carbonyl (C=O) groups is 1. The summed E-state index contributed by atoms with van der Waals surface area (Å²) >= 11 is 0. The molecule has 0 unspecified atom stereocenters. The normalized spacial score (nSPS) is 15.4. The van der Waals surface area contributed by atoms with Crippen molar-refractivity contribution in [3.63, 3.8) is 0 Å². The molecule has 3 heteroatoms. The van der Waals surface area contributed by atoms with Crippen molar-refractivity contribution in [3.05, 3.63) is 35.7 Å². The number of aromatic nitrogens is 1. The highest BCUT2D eigenvalue weighted by atomic mass is 16.5. The Labute approximate surface area is 95.2 Å². The molecule has 1 aliphatic carbocycles. The van der Waals surface area contributed by atoms with E-state index in [0.29, 0.717) is 11.3 Å². The molecule has 0 radical (unpaired) electrons. The van der Waals surface area contributed by atoms with Crippen molar-refractivity contribution in [2.75, 3.05) is 7.11 Å². The average molecular weight is 217 g/mol. The van der Waals surface area contributed by atoms with E-state index in [2.05, 4.69) is 4.98 Å². The van der Waals surface area contributed by atoms with Crippen LogP contribution < -0.4 is 4.74 Å². The van der Waals surface area contributed by atoms with Gasteiger partial charge in [-0.2, -0.15) is 0 Å². The van der Waals surface area contributed by atoms with Crippen LogP contribution in [-0.4, -0.2) is 17.9 Å². The van der Waals surface area contributed by atoms with E-state index in [1.165, 1.54) is 6.42 Å². The quantitative estimate of drug-likeness (QED) is 0.731. The minimum Gasteiger partial charge on any atom is -0.494 e. The van der Waals surface area contributed by atoms with Gasteiger partial charge in [0, 0.05) is 6.20 Å². The molecule has 0 amide bonds. The van der Waals surface area contributed by atoms with E-state index in [9.17, 15) is 4.79 Å². The zero-order chi connectivity index (χ0) is 11.4. The van der Waals surface area contributed by atoms with E-state index in [0.717, 1.165) is 24.8 Å². The Morgan fingerprint density at radius 1 is 1.44 bits per heavy atom. The van der Waals surface area contributed by atoms with Gasteiger partial charge in [0.05, 0.1) is 18.9 Å². The number of Topliss-reactive ketones (excluding diaryl/α,β-unsaturated/α-hetero) is 1. The van der Waals surface area contributed by atoms with E-state index < -0.39 is 0 Å². The van der Waals surface area contributed by atoms with Gasteiger partial charge in [0.2, 0.25) is 0 Å². The summed E-state index contributed by atoms with van der Waals surface area (Å²) in [5, 5.41) is 0. The molecule has 1 aromatic heterocycles. The number of carbonyl (C=O) groups excluding carboxylic acids is 1. The molecule has 84 valence electrons. The van der Waals surface area contributed by atoms with Crippen LogP contribution in [0.25, 0.3) is 0 Å². The molecule has 0 saturated heterocycles. The SMILES string of the molecule is COc1cnccc1C(=O)C1=CCCCC1. The number of rotatable bonds is 3. The second-order valence-electron chi connectivity index (χ2n) is 3.88. The van der Waals surface area contributed by atoms with Gasteiger partial charge in [-0.05, 0) is 37.3 Å². The summed E-state index contributed by atoms with van der Waals surface area (Å²) in [6, 6.07) is 1.72. The van der Waals surface area contributed by atoms with Crippen LogP contribution in [0.1, 0.15) is 36.0 Å². The average Bonchev–Trinajstić information content (AvgIpc) is 2.39. The molecule has 16 heavy (non-hydrogen) atoms. The number of nitrogens with zero attached hydrogens (tertiary/aromatic N) is 1. The number of hydrogen-bond donors (Lipinski definition) is 0. The maximum absolute atomic E-state index is 12.2. The van der Waals surface area contributed by atoms with Crippen molar-refractivity contribution in [1.29, 1.82) is 0 Å². The van der Waals surface area contributed by atoms with Gasteiger partial charge in [0.15, 0.2) is 5.78 Å². The second-order valence-corrected chi connectivity index (χ2v) is 3.88. The number of allylic oxidation sites excluding steroid dienone is 2. The second kappa shape index (κ2) is 4.92. The molecule has 2 rings (SSSR count). The summed E-state index contributed by atoms with van der Waals surface area (Å²) in [5.41, 5.74) is 1.53. The predicted octanol–water partition coefficient (Wildman–Crippen LogP) is 2.77. The van der Waals surface area contributed by atoms with Crippen molar-refractivity contribution in [1.82, 2.24) is 4.98 Å². The number of hydrogen-bond acceptors (Lipinski definition) is 3. The lowest BCUT2D eigenvalue weighted by molar-refractivity contribution is 0.102. The molecule has 0 spiro atoms. The van der Waals surface area contributed by atoms with Crippen LogP contribution in [0.2, 0.25) is 0 Å². The third-order valence-corrected chi connectivity index (χ3v) is 2.83. The predicted molar refractivity (Wildman–Crippen MR) is 61.7 cm³/mol. The van der Waals surface area contributed by atoms with Gasteiger partial charge in [-0.15, -0.1) is 0 Å². The number of pyridine rings is 1. The fraction of sp³-hybridized carbons (Fsp3) is 0.385. The molecule has 0 atom stereocenters. The molecule has 1 heterocycles. The van der Waals surface area contributed by atoms with E-state index in [4.69, 9.17) is 4.74 Å². The molecule has 0 aromatic carbocycles. The molecule has 0 bridgehead atoms. The van der Waals surface area contributed by atoms with E-state index >= 15 is 0 Å². The van der Waals surface area contributed by atoms with Crippen LogP contribution in [0.3, 0.4) is 0 Å². The summed E-state index contributed by atoms with van der Waals surface area (Å²) in [6.45, 7) is 0. The van der Waals surface area contributed by atoms with Crippen LogP contribution in [0.4, 0.5) is 0 Å². The maximum Gasteiger partial charge on any atom is 0.192 e. The van der Waals surface area contributed by atoms with Crippen molar-refractivity contribution >= 4 is 5.78 Å². The summed E-state index contributed by atoms with van der Waals surface area (Å²) < 4.78 is 5.15. The Balaban J connectivity index is 2.29. The van der Waals surface area contributed by atoms with Gasteiger partial charge < -0.3 is 4.74 Å². The summed E-state index contributed by atoms with van der Waals surface area (Å²) in [6.07, 6.45) is 9.43. The molecule has 3 nitrogen and oxygen atoms in total. The molecule has 1 aliphatic rings. The smallest absolute Gasteiger partial charge is 0.192 e. The van der Waals surface area contributed by atoms with Gasteiger partial charge >= 0.3 is 0 Å². The first kappa shape index (κ1) is 10.9. The Morgan fingerprint density at radius 2 is 2.31 bits per heavy atom. The van der Waals surface area contributed by atoms with Crippen molar-refractivity contribution in [2.24, 2.45) is 0 Å². The monoisotopic (exact) mass is 217 g/mol. The van der Waals surface area contributed by atoms with Gasteiger partial charge in [-0.1, -0.05) is 6.08 Å². The van der Waals surface area contributed by atoms with Crippen LogP contribution >= 0.6 is 0 Å². The highest BCUT2D eigenvalue weighted by molar-refractivity contribution is 6.10. The maximum atomic E-state index is 12.2. The minimum atomic E-state index is 0.0824. The molecule has 0 N–H and O–H groups in total. The van der Waals surface area contributed by atoms with Crippen LogP contribution in [0, 0.1) is 0 Å². The third-order valence-electron chi connectivity index (χ3n) is 2.83. The standard InChI is InChI=1S/C13H15NO2/c1-16-12-9-14-8-7-11(12)13(15)10-5-3-2-4-6-10/h5,7-9H,2-4,6H2,1H3. The lowest BCUT2D eigenvalue weighted by Crippen LogP contribution is -2.08. The van der Waals surface area contributed by atoms with Crippen LogP contribution in [-0.2, 0) is 0 Å². The third kappa shape index (κ3) is 2.13. The van der Waals surface area contributed by atoms with Crippen LogP contribution in [0.5, 0.6) is 5.75 Å². The molecule has 0 aliphatic heterocycles. The fourth-order valence-corrected chi connectivity index (χ4v) is 1.95. The highest BCUT2D eigenvalue weighted by Crippen LogP contribution is 2.25. The lowest BCUT2D eigenvalue weighted by atomic mass is 9.93. The molecule has 0 saturated carbocycles. The number of ether oxygens (including phenoxy) is 1. The first-order chi connectivity index (χ1) is 7.83. The molecular weight excluding hydrogens is 202 g/mol.